The first-order chi connectivity index (χ1) is 33.5. The molecule has 68 heavy (non-hydrogen) atoms. The zero-order valence-corrected chi connectivity index (χ0v) is 36.9. The Morgan fingerprint density at radius 2 is 0.897 bits per heavy atom. The average molecular weight is 889 g/mol. The Labute approximate surface area is 388 Å². The molecule has 0 atom stereocenters. The fraction of sp³-hybridized carbons (Fsp3) is 0.0714. The summed E-state index contributed by atoms with van der Waals surface area (Å²) in [5.41, 5.74) is 8.80. The van der Waals surface area contributed by atoms with Crippen LogP contribution in [0.15, 0.2) is 192 Å². The number of anilines is 2. The van der Waals surface area contributed by atoms with Crippen molar-refractivity contribution < 1.29 is 18.3 Å². The van der Waals surface area contributed by atoms with Crippen LogP contribution in [0.5, 0.6) is 23.0 Å². The van der Waals surface area contributed by atoms with E-state index in [-0.39, 0.29) is 0 Å². The summed E-state index contributed by atoms with van der Waals surface area (Å²) in [4.78, 5) is 18.6. The Morgan fingerprint density at radius 1 is 0.441 bits per heavy atom. The minimum atomic E-state index is 0.627. The summed E-state index contributed by atoms with van der Waals surface area (Å²) in [6.45, 7) is 1.45. The van der Waals surface area contributed by atoms with Crippen LogP contribution in [0.2, 0.25) is 0 Å². The van der Waals surface area contributed by atoms with Gasteiger partial charge in [-0.3, -0.25) is 9.13 Å². The Hall–Kier alpha value is -9.16. The smallest absolute Gasteiger partial charge is 0.178 e. The second-order valence-corrected chi connectivity index (χ2v) is 17.5. The molecule has 2 aliphatic heterocycles. The van der Waals surface area contributed by atoms with E-state index in [1.54, 1.807) is 0 Å². The third kappa shape index (κ3) is 5.93. The number of aromatic nitrogens is 4. The quantitative estimate of drug-likeness (QED) is 0.147. The van der Waals surface area contributed by atoms with Crippen LogP contribution in [0, 0.1) is 0 Å². The van der Waals surface area contributed by atoms with Crippen molar-refractivity contribution in [1.29, 1.82) is 0 Å². The van der Waals surface area contributed by atoms with Gasteiger partial charge in [-0.1, -0.05) is 48.5 Å². The molecule has 328 valence electrons. The maximum absolute atomic E-state index is 6.95. The van der Waals surface area contributed by atoms with Gasteiger partial charge < -0.3 is 37.9 Å². The third-order valence-electron chi connectivity index (χ3n) is 13.1. The van der Waals surface area contributed by atoms with Crippen LogP contribution in [0.4, 0.5) is 11.4 Å². The first kappa shape index (κ1) is 38.1. The van der Waals surface area contributed by atoms with Crippen LogP contribution in [0.1, 0.15) is 0 Å². The van der Waals surface area contributed by atoms with Crippen molar-refractivity contribution in [3.05, 3.63) is 183 Å². The normalized spacial score (nSPS) is 14.0. The summed E-state index contributed by atoms with van der Waals surface area (Å²) < 4.78 is 31.4. The molecule has 12 heteroatoms. The number of fused-ring (bicyclic) bond motifs is 11. The lowest BCUT2D eigenvalue weighted by Crippen LogP contribution is -2.21. The van der Waals surface area contributed by atoms with Crippen molar-refractivity contribution >= 4 is 88.1 Å². The lowest BCUT2D eigenvalue weighted by atomic mass is 10.1. The van der Waals surface area contributed by atoms with Gasteiger partial charge >= 0.3 is 0 Å². The molecule has 6 aromatic carbocycles. The van der Waals surface area contributed by atoms with Crippen molar-refractivity contribution in [1.82, 2.24) is 28.9 Å². The number of furan rings is 2. The number of hydrogen-bond donors (Lipinski definition) is 0. The van der Waals surface area contributed by atoms with Crippen molar-refractivity contribution in [2.45, 2.75) is 0 Å². The molecular weight excluding hydrogens is 849 g/mol. The zero-order chi connectivity index (χ0) is 45.0. The third-order valence-corrected chi connectivity index (χ3v) is 13.1. The standard InChI is InChI=1S/C56H40N8O4/c1-59-23-25-61(33-59)35-27-43-39-11-3-5-13-47(39)67-55(43)49(29-35)65-37-17-19-41-45(31-37)63(51-15-7-9-21-57-51)54-42-20-18-38(32-46(42)64(53(41)54)52-16-8-10-22-58-52)66-50-30-36(62-26-24-60(2)34-62)28-44-40-12-4-6-14-48(40)68-56(44)50/h3-32H,33-34H2,1-2H3. The molecule has 0 bridgehead atoms. The molecule has 0 N–H and O–H groups in total. The van der Waals surface area contributed by atoms with E-state index < -0.39 is 0 Å². The molecule has 0 unspecified atom stereocenters. The summed E-state index contributed by atoms with van der Waals surface area (Å²) >= 11 is 0. The van der Waals surface area contributed by atoms with Gasteiger partial charge in [0.15, 0.2) is 22.7 Å². The second-order valence-electron chi connectivity index (χ2n) is 17.5. The number of ether oxygens (including phenoxy) is 2. The van der Waals surface area contributed by atoms with Crippen molar-refractivity contribution in [2.75, 3.05) is 37.2 Å². The van der Waals surface area contributed by atoms with Gasteiger partial charge in [0.05, 0.1) is 35.4 Å². The molecule has 0 amide bonds. The predicted molar refractivity (Wildman–Crippen MR) is 269 cm³/mol. The van der Waals surface area contributed by atoms with E-state index in [0.29, 0.717) is 34.2 Å². The summed E-state index contributed by atoms with van der Waals surface area (Å²) in [5.74, 6) is 4.10. The molecule has 0 spiro atoms. The fourth-order valence-electron chi connectivity index (χ4n) is 10.0. The number of pyridine rings is 2. The van der Waals surface area contributed by atoms with Gasteiger partial charge in [0.25, 0.3) is 0 Å². The Bertz CT molecular complexity index is 3790. The number of rotatable bonds is 8. The molecule has 0 radical (unpaired) electrons. The molecule has 14 rings (SSSR count). The van der Waals surface area contributed by atoms with Crippen molar-refractivity contribution in [3.63, 3.8) is 0 Å². The molecule has 12 aromatic rings. The van der Waals surface area contributed by atoms with Gasteiger partial charge in [0.2, 0.25) is 0 Å². The van der Waals surface area contributed by atoms with Gasteiger partial charge in [-0.15, -0.1) is 0 Å². The molecule has 0 aliphatic carbocycles. The second kappa shape index (κ2) is 14.7. The monoisotopic (exact) mass is 888 g/mol. The first-order valence-corrected chi connectivity index (χ1v) is 22.5. The highest BCUT2D eigenvalue weighted by Gasteiger charge is 2.26. The number of nitrogens with zero attached hydrogens (tertiary/aromatic N) is 8. The van der Waals surface area contributed by atoms with Gasteiger partial charge in [-0.25, -0.2) is 9.97 Å². The van der Waals surface area contributed by atoms with Gasteiger partial charge in [-0.05, 0) is 72.8 Å². The summed E-state index contributed by atoms with van der Waals surface area (Å²) in [7, 11) is 4.13. The van der Waals surface area contributed by atoms with Crippen LogP contribution in [-0.2, 0) is 0 Å². The van der Waals surface area contributed by atoms with E-state index in [0.717, 1.165) is 102 Å². The number of hydrogen-bond acceptors (Lipinski definition) is 10. The summed E-state index contributed by atoms with van der Waals surface area (Å²) in [5, 5.41) is 6.04. The van der Waals surface area contributed by atoms with Gasteiger partial charge in [0, 0.05) is 119 Å². The van der Waals surface area contributed by atoms with E-state index in [9.17, 15) is 0 Å². The highest BCUT2D eigenvalue weighted by molar-refractivity contribution is 6.20. The largest absolute Gasteiger partial charge is 0.453 e. The van der Waals surface area contributed by atoms with Crippen LogP contribution in [0.3, 0.4) is 0 Å². The number of benzene rings is 6. The van der Waals surface area contributed by atoms with E-state index in [2.05, 4.69) is 128 Å². The highest BCUT2D eigenvalue weighted by Crippen LogP contribution is 2.46. The predicted octanol–water partition coefficient (Wildman–Crippen LogP) is 13.3. The Morgan fingerprint density at radius 3 is 1.32 bits per heavy atom. The van der Waals surface area contributed by atoms with E-state index in [1.807, 2.05) is 97.3 Å². The van der Waals surface area contributed by atoms with Crippen LogP contribution < -0.4 is 19.3 Å². The minimum absolute atomic E-state index is 0.627. The SMILES string of the molecule is CN1C=CN(c2cc(Oc3ccc4c(c3)n(-c3ccccn3)c3c5ccc(Oc6cc(N7C=CN(C)C7)cc7c6oc6ccccc67)cc5n(-c5ccccn5)c43)c3oc4ccccc4c3c2)C1. The maximum atomic E-state index is 6.95. The minimum Gasteiger partial charge on any atom is -0.453 e. The zero-order valence-electron chi connectivity index (χ0n) is 36.9. The molecule has 0 fully saturated rings. The molecule has 0 saturated carbocycles. The molecule has 6 aromatic heterocycles. The van der Waals surface area contributed by atoms with Gasteiger partial charge in [0.1, 0.15) is 34.3 Å². The van der Waals surface area contributed by atoms with E-state index >= 15 is 0 Å². The van der Waals surface area contributed by atoms with Crippen LogP contribution in [0.25, 0.3) is 88.4 Å². The molecule has 12 nitrogen and oxygen atoms in total. The lowest BCUT2D eigenvalue weighted by Gasteiger charge is -2.19. The summed E-state index contributed by atoms with van der Waals surface area (Å²) in [6, 6.07) is 49.2. The number of para-hydroxylation sites is 2. The highest BCUT2D eigenvalue weighted by atomic mass is 16.5. The lowest BCUT2D eigenvalue weighted by molar-refractivity contribution is 0.475. The van der Waals surface area contributed by atoms with Crippen molar-refractivity contribution in [2.24, 2.45) is 0 Å². The Kier molecular flexibility index (Phi) is 8.23. The molecule has 0 saturated heterocycles. The molecule has 2 aliphatic rings. The van der Waals surface area contributed by atoms with E-state index in [1.165, 1.54) is 0 Å². The molecule has 8 heterocycles. The average Bonchev–Trinajstić information content (AvgIpc) is 4.24. The van der Waals surface area contributed by atoms with Gasteiger partial charge in [-0.2, -0.15) is 0 Å². The topological polar surface area (TPSA) is 93.3 Å². The molecular formula is C56H40N8O4. The maximum Gasteiger partial charge on any atom is 0.178 e. The van der Waals surface area contributed by atoms with Crippen LogP contribution >= 0.6 is 0 Å². The van der Waals surface area contributed by atoms with Crippen molar-refractivity contribution in [3.8, 4) is 34.6 Å². The fourth-order valence-corrected chi connectivity index (χ4v) is 10.0. The first-order valence-electron chi connectivity index (χ1n) is 22.5. The van der Waals surface area contributed by atoms with Crippen LogP contribution in [-0.4, -0.2) is 56.3 Å². The van der Waals surface area contributed by atoms with E-state index in [4.69, 9.17) is 28.3 Å². The summed E-state index contributed by atoms with van der Waals surface area (Å²) in [6.07, 6.45) is 12.0. The Balaban J connectivity index is 0.954.